The summed E-state index contributed by atoms with van der Waals surface area (Å²) in [7, 11) is 0. The second-order valence-corrected chi connectivity index (χ2v) is 6.28. The van der Waals surface area contributed by atoms with E-state index in [4.69, 9.17) is 14.7 Å². The average Bonchev–Trinajstić information content (AvgIpc) is 2.59. The monoisotopic (exact) mass is 341 g/mol. The van der Waals surface area contributed by atoms with E-state index in [0.29, 0.717) is 18.8 Å². The minimum atomic E-state index is 0.200. The Bertz CT molecular complexity index is 679. The van der Waals surface area contributed by atoms with Crippen LogP contribution in [0.2, 0.25) is 0 Å². The molecular formula is C20H27N3O2. The van der Waals surface area contributed by atoms with Crippen LogP contribution in [-0.2, 0) is 22.7 Å². The third kappa shape index (κ3) is 9.55. The van der Waals surface area contributed by atoms with Crippen molar-refractivity contribution < 1.29 is 9.47 Å². The summed E-state index contributed by atoms with van der Waals surface area (Å²) in [6, 6.07) is 5.92. The number of nitriles is 1. The fraction of sp³-hybridized carbons (Fsp3) is 0.450. The molecule has 0 radical (unpaired) electrons. The van der Waals surface area contributed by atoms with Crippen LogP contribution in [0.1, 0.15) is 49.9 Å². The summed E-state index contributed by atoms with van der Waals surface area (Å²) in [5.74, 6) is 0. The summed E-state index contributed by atoms with van der Waals surface area (Å²) < 4.78 is 10.8. The zero-order valence-corrected chi connectivity index (χ0v) is 15.7. The highest BCUT2D eigenvalue weighted by atomic mass is 16.5. The number of hydrogen-bond donors (Lipinski definition) is 0. The third-order valence-corrected chi connectivity index (χ3v) is 3.02. The van der Waals surface area contributed by atoms with E-state index < -0.39 is 0 Å². The zero-order valence-electron chi connectivity index (χ0n) is 15.7. The van der Waals surface area contributed by atoms with Gasteiger partial charge in [-0.1, -0.05) is 6.07 Å². The molecule has 2 aromatic heterocycles. The van der Waals surface area contributed by atoms with Crippen molar-refractivity contribution in [2.24, 2.45) is 0 Å². The van der Waals surface area contributed by atoms with Crippen LogP contribution in [0, 0.1) is 18.3 Å². The molecule has 25 heavy (non-hydrogen) atoms. The highest BCUT2D eigenvalue weighted by Crippen LogP contribution is 2.05. The first-order valence-corrected chi connectivity index (χ1v) is 8.38. The first kappa shape index (κ1) is 20.8. The SMILES string of the molecule is CC(C)OCc1cncc(C#N)c1.Cc1cncc(COC(C)C)c1. The van der Waals surface area contributed by atoms with Gasteiger partial charge in [-0.15, -0.1) is 0 Å². The fourth-order valence-electron chi connectivity index (χ4n) is 1.85. The van der Waals surface area contributed by atoms with Gasteiger partial charge in [-0.2, -0.15) is 5.26 Å². The van der Waals surface area contributed by atoms with Gasteiger partial charge in [-0.25, -0.2) is 0 Å². The summed E-state index contributed by atoms with van der Waals surface area (Å²) >= 11 is 0. The maximum absolute atomic E-state index is 8.61. The Morgan fingerprint density at radius 2 is 1.40 bits per heavy atom. The molecule has 0 aliphatic carbocycles. The van der Waals surface area contributed by atoms with Crippen LogP contribution in [0.25, 0.3) is 0 Å². The molecule has 2 rings (SSSR count). The maximum Gasteiger partial charge on any atom is 0.101 e. The lowest BCUT2D eigenvalue weighted by atomic mass is 10.2. The molecule has 134 valence electrons. The summed E-state index contributed by atoms with van der Waals surface area (Å²) in [4.78, 5) is 8.01. The molecule has 2 aromatic rings. The lowest BCUT2D eigenvalue weighted by Gasteiger charge is -2.06. The third-order valence-electron chi connectivity index (χ3n) is 3.02. The zero-order chi connectivity index (χ0) is 18.7. The topological polar surface area (TPSA) is 68.0 Å². The quantitative estimate of drug-likeness (QED) is 0.788. The predicted molar refractivity (Wildman–Crippen MR) is 97.8 cm³/mol. The molecule has 0 atom stereocenters. The van der Waals surface area contributed by atoms with Gasteiger partial charge in [0, 0.05) is 24.8 Å². The average molecular weight is 341 g/mol. The number of hydrogen-bond acceptors (Lipinski definition) is 5. The highest BCUT2D eigenvalue weighted by Gasteiger charge is 1.98. The number of rotatable bonds is 6. The Kier molecular flexibility index (Phi) is 9.38. The number of aryl methyl sites for hydroxylation is 1. The molecule has 0 N–H and O–H groups in total. The van der Waals surface area contributed by atoms with Crippen LogP contribution in [0.5, 0.6) is 0 Å². The molecule has 0 aliphatic heterocycles. The van der Waals surface area contributed by atoms with Crippen molar-refractivity contribution in [1.29, 1.82) is 5.26 Å². The van der Waals surface area contributed by atoms with E-state index in [9.17, 15) is 0 Å². The van der Waals surface area contributed by atoms with Crippen molar-refractivity contribution in [1.82, 2.24) is 9.97 Å². The molecule has 5 heteroatoms. The van der Waals surface area contributed by atoms with Crippen molar-refractivity contribution in [3.63, 3.8) is 0 Å². The van der Waals surface area contributed by atoms with Gasteiger partial charge in [0.1, 0.15) is 6.07 Å². The van der Waals surface area contributed by atoms with Crippen molar-refractivity contribution in [3.8, 4) is 6.07 Å². The second-order valence-electron chi connectivity index (χ2n) is 6.28. The largest absolute Gasteiger partial charge is 0.374 e. The fourth-order valence-corrected chi connectivity index (χ4v) is 1.85. The molecule has 0 aliphatic rings. The molecule has 0 spiro atoms. The summed E-state index contributed by atoms with van der Waals surface area (Å²) in [5, 5.41) is 8.61. The molecule has 0 saturated carbocycles. The summed E-state index contributed by atoms with van der Waals surface area (Å²) in [6.45, 7) is 11.2. The second kappa shape index (κ2) is 11.3. The number of ether oxygens (including phenoxy) is 2. The van der Waals surface area contributed by atoms with Gasteiger partial charge < -0.3 is 9.47 Å². The first-order valence-electron chi connectivity index (χ1n) is 8.38. The van der Waals surface area contributed by atoms with E-state index in [0.717, 1.165) is 11.1 Å². The maximum atomic E-state index is 8.61. The van der Waals surface area contributed by atoms with Crippen LogP contribution in [-0.4, -0.2) is 22.2 Å². The van der Waals surface area contributed by atoms with E-state index in [2.05, 4.69) is 16.0 Å². The standard InChI is InChI=1S/C10H12N2O.C10H15NO/c1-8(2)13-7-10-3-9(4-11)5-12-6-10;1-8(2)12-7-10-4-9(3)5-11-6-10/h3,5-6,8H,7H2,1-2H3;4-6,8H,7H2,1-3H3. The van der Waals surface area contributed by atoms with Gasteiger partial charge in [-0.3, -0.25) is 9.97 Å². The number of pyridine rings is 2. The predicted octanol–water partition coefficient (Wildman–Crippen LogP) is 4.19. The Morgan fingerprint density at radius 3 is 1.88 bits per heavy atom. The van der Waals surface area contributed by atoms with Crippen LogP contribution < -0.4 is 0 Å². The van der Waals surface area contributed by atoms with Gasteiger partial charge in [0.05, 0.1) is 31.0 Å². The summed E-state index contributed by atoms with van der Waals surface area (Å²) in [6.07, 6.45) is 7.42. The highest BCUT2D eigenvalue weighted by molar-refractivity contribution is 5.28. The minimum absolute atomic E-state index is 0.200. The molecule has 0 aromatic carbocycles. The minimum Gasteiger partial charge on any atom is -0.374 e. The molecule has 0 amide bonds. The van der Waals surface area contributed by atoms with Gasteiger partial charge in [0.15, 0.2) is 0 Å². The van der Waals surface area contributed by atoms with Gasteiger partial charge in [-0.05, 0) is 57.4 Å². The van der Waals surface area contributed by atoms with Crippen LogP contribution in [0.4, 0.5) is 0 Å². The number of aromatic nitrogens is 2. The Labute approximate surface area is 150 Å². The lowest BCUT2D eigenvalue weighted by Crippen LogP contribution is -2.02. The van der Waals surface area contributed by atoms with Gasteiger partial charge in [0.25, 0.3) is 0 Å². The number of nitrogens with zero attached hydrogens (tertiary/aromatic N) is 3. The molecule has 0 unspecified atom stereocenters. The molecule has 0 bridgehead atoms. The van der Waals surface area contributed by atoms with Crippen LogP contribution >= 0.6 is 0 Å². The molecule has 0 fully saturated rings. The van der Waals surface area contributed by atoms with Crippen LogP contribution in [0.15, 0.2) is 36.9 Å². The van der Waals surface area contributed by atoms with Crippen LogP contribution in [0.3, 0.4) is 0 Å². The van der Waals surface area contributed by atoms with E-state index in [1.807, 2.05) is 53.1 Å². The summed E-state index contributed by atoms with van der Waals surface area (Å²) in [5.41, 5.74) is 3.83. The Morgan fingerprint density at radius 1 is 0.880 bits per heavy atom. The molecule has 2 heterocycles. The van der Waals surface area contributed by atoms with E-state index in [1.54, 1.807) is 18.5 Å². The van der Waals surface area contributed by atoms with Crippen molar-refractivity contribution in [2.45, 2.75) is 60.0 Å². The normalized spacial score (nSPS) is 10.3. The van der Waals surface area contributed by atoms with Crippen molar-refractivity contribution in [2.75, 3.05) is 0 Å². The van der Waals surface area contributed by atoms with Crippen molar-refractivity contribution in [3.05, 3.63) is 59.2 Å². The Balaban J connectivity index is 0.000000251. The Hall–Kier alpha value is -2.29. The van der Waals surface area contributed by atoms with Gasteiger partial charge >= 0.3 is 0 Å². The lowest BCUT2D eigenvalue weighted by molar-refractivity contribution is 0.0653. The van der Waals surface area contributed by atoms with E-state index >= 15 is 0 Å². The van der Waals surface area contributed by atoms with E-state index in [1.165, 1.54) is 5.56 Å². The molecule has 5 nitrogen and oxygen atoms in total. The molecule has 0 saturated heterocycles. The first-order chi connectivity index (χ1) is 11.9. The van der Waals surface area contributed by atoms with E-state index in [-0.39, 0.29) is 12.2 Å². The molecular weight excluding hydrogens is 314 g/mol. The van der Waals surface area contributed by atoms with Crippen molar-refractivity contribution >= 4 is 0 Å². The smallest absolute Gasteiger partial charge is 0.101 e. The van der Waals surface area contributed by atoms with Gasteiger partial charge in [0.2, 0.25) is 0 Å².